The number of methoxy groups -OCH3 is 3. The Morgan fingerprint density at radius 3 is 2.12 bits per heavy atom. The van der Waals surface area contributed by atoms with Crippen LogP contribution in [-0.4, -0.2) is 65.1 Å². The lowest BCUT2D eigenvalue weighted by molar-refractivity contribution is -0.140. The lowest BCUT2D eigenvalue weighted by Gasteiger charge is -2.34. The highest BCUT2D eigenvalue weighted by Crippen LogP contribution is 2.33. The Hall–Kier alpha value is -4.25. The van der Waals surface area contributed by atoms with Crippen molar-refractivity contribution in [1.29, 1.82) is 0 Å². The summed E-state index contributed by atoms with van der Waals surface area (Å²) in [6.45, 7) is 5.15. The lowest BCUT2D eigenvalue weighted by Crippen LogP contribution is -2.53. The normalized spacial score (nSPS) is 12.5. The third-order valence-electron chi connectivity index (χ3n) is 7.15. The largest absolute Gasteiger partial charge is 0.497 e. The second-order valence-electron chi connectivity index (χ2n) is 9.97. The molecular weight excluding hydrogens is 570 g/mol. The van der Waals surface area contributed by atoms with E-state index in [4.69, 9.17) is 14.2 Å². The third-order valence-corrected chi connectivity index (χ3v) is 8.93. The maximum absolute atomic E-state index is 14.3. The molecule has 0 bridgehead atoms. The molecule has 0 fully saturated rings. The Labute approximate surface area is 254 Å². The standard InChI is InChI=1S/C32H41N3O7S/c1-7-23(3)33-32(37)28(8-2)34(21-24-12-11-13-26(20-24)41-5)31(36)22-35(29-14-9-10-15-30(29)42-6)43(38,39)27-18-16-25(40-4)17-19-27/h9-20,23,28H,7-8,21-22H2,1-6H3,(H,33,37). The van der Waals surface area contributed by atoms with Gasteiger partial charge in [-0.1, -0.05) is 38.1 Å². The summed E-state index contributed by atoms with van der Waals surface area (Å²) in [6.07, 6.45) is 1.03. The van der Waals surface area contributed by atoms with Crippen LogP contribution in [0.2, 0.25) is 0 Å². The maximum atomic E-state index is 14.3. The van der Waals surface area contributed by atoms with Gasteiger partial charge in [-0.3, -0.25) is 13.9 Å². The van der Waals surface area contributed by atoms with Gasteiger partial charge in [0.25, 0.3) is 10.0 Å². The summed E-state index contributed by atoms with van der Waals surface area (Å²) in [5.74, 6) is 0.487. The van der Waals surface area contributed by atoms with Crippen LogP contribution in [0, 0.1) is 0 Å². The van der Waals surface area contributed by atoms with E-state index in [1.165, 1.54) is 43.4 Å². The van der Waals surface area contributed by atoms with Gasteiger partial charge >= 0.3 is 0 Å². The van der Waals surface area contributed by atoms with Crippen molar-refractivity contribution >= 4 is 27.5 Å². The van der Waals surface area contributed by atoms with Crippen LogP contribution in [0.5, 0.6) is 17.2 Å². The van der Waals surface area contributed by atoms with Gasteiger partial charge < -0.3 is 24.4 Å². The SMILES string of the molecule is CCC(C)NC(=O)C(CC)N(Cc1cccc(OC)c1)C(=O)CN(c1ccccc1OC)S(=O)(=O)c1ccc(OC)cc1. The first-order valence-electron chi connectivity index (χ1n) is 14.1. The van der Waals surface area contributed by atoms with E-state index in [-0.39, 0.29) is 34.8 Å². The van der Waals surface area contributed by atoms with E-state index in [2.05, 4.69) is 5.32 Å². The summed E-state index contributed by atoms with van der Waals surface area (Å²) in [5, 5.41) is 2.97. The molecule has 0 saturated heterocycles. The van der Waals surface area contributed by atoms with E-state index in [1.807, 2.05) is 26.8 Å². The van der Waals surface area contributed by atoms with E-state index < -0.39 is 28.5 Å². The second kappa shape index (κ2) is 15.3. The third kappa shape index (κ3) is 8.19. The number of nitrogens with zero attached hydrogens (tertiary/aromatic N) is 2. The van der Waals surface area contributed by atoms with Crippen molar-refractivity contribution in [3.05, 3.63) is 78.4 Å². The van der Waals surface area contributed by atoms with Crippen molar-refractivity contribution in [2.24, 2.45) is 0 Å². The van der Waals surface area contributed by atoms with Crippen molar-refractivity contribution in [2.45, 2.75) is 57.1 Å². The molecule has 0 aromatic heterocycles. The number of para-hydroxylation sites is 2. The van der Waals surface area contributed by atoms with Gasteiger partial charge in [0, 0.05) is 12.6 Å². The average Bonchev–Trinajstić information content (AvgIpc) is 3.03. The minimum atomic E-state index is -4.27. The van der Waals surface area contributed by atoms with Gasteiger partial charge in [0.1, 0.15) is 29.8 Å². The predicted molar refractivity (Wildman–Crippen MR) is 166 cm³/mol. The van der Waals surface area contributed by atoms with E-state index in [0.29, 0.717) is 24.3 Å². The summed E-state index contributed by atoms with van der Waals surface area (Å²) in [6, 6.07) is 18.7. The first-order chi connectivity index (χ1) is 20.6. The first kappa shape index (κ1) is 33.3. The van der Waals surface area contributed by atoms with E-state index in [0.717, 1.165) is 9.87 Å². The molecule has 2 unspecified atom stereocenters. The number of anilines is 1. The molecule has 1 N–H and O–H groups in total. The van der Waals surface area contributed by atoms with Gasteiger partial charge in [0.15, 0.2) is 0 Å². The van der Waals surface area contributed by atoms with Crippen LogP contribution in [0.4, 0.5) is 5.69 Å². The Bertz CT molecular complexity index is 1480. The summed E-state index contributed by atoms with van der Waals surface area (Å²) in [4.78, 5) is 29.1. The van der Waals surface area contributed by atoms with E-state index >= 15 is 0 Å². The molecule has 43 heavy (non-hydrogen) atoms. The first-order valence-corrected chi connectivity index (χ1v) is 15.6. The highest BCUT2D eigenvalue weighted by Gasteiger charge is 2.35. The number of benzene rings is 3. The number of carbonyl (C=O) groups is 2. The molecule has 0 spiro atoms. The fourth-order valence-electron chi connectivity index (χ4n) is 4.55. The molecule has 2 atom stereocenters. The number of hydrogen-bond donors (Lipinski definition) is 1. The number of ether oxygens (including phenoxy) is 3. The van der Waals surface area contributed by atoms with Crippen molar-refractivity contribution in [1.82, 2.24) is 10.2 Å². The van der Waals surface area contributed by atoms with Crippen LogP contribution in [0.25, 0.3) is 0 Å². The average molecular weight is 612 g/mol. The summed E-state index contributed by atoms with van der Waals surface area (Å²) in [7, 11) is 0.196. The number of carbonyl (C=O) groups excluding carboxylic acids is 2. The van der Waals surface area contributed by atoms with Gasteiger partial charge in [0.2, 0.25) is 11.8 Å². The molecule has 0 saturated carbocycles. The van der Waals surface area contributed by atoms with Crippen LogP contribution in [0.1, 0.15) is 39.2 Å². The molecule has 0 radical (unpaired) electrons. The minimum absolute atomic E-state index is 0.0343. The molecule has 0 aliphatic heterocycles. The van der Waals surface area contributed by atoms with Crippen molar-refractivity contribution in [3.63, 3.8) is 0 Å². The molecular formula is C32H41N3O7S. The zero-order chi connectivity index (χ0) is 31.6. The molecule has 3 aromatic rings. The molecule has 10 nitrogen and oxygen atoms in total. The van der Waals surface area contributed by atoms with Crippen LogP contribution in [0.3, 0.4) is 0 Å². The van der Waals surface area contributed by atoms with Gasteiger partial charge in [-0.05, 0) is 73.9 Å². The Morgan fingerprint density at radius 1 is 0.837 bits per heavy atom. The smallest absolute Gasteiger partial charge is 0.264 e. The molecule has 11 heteroatoms. The summed E-state index contributed by atoms with van der Waals surface area (Å²) >= 11 is 0. The zero-order valence-electron chi connectivity index (χ0n) is 25.6. The highest BCUT2D eigenvalue weighted by atomic mass is 32.2. The zero-order valence-corrected chi connectivity index (χ0v) is 26.4. The van der Waals surface area contributed by atoms with Crippen LogP contribution in [0.15, 0.2) is 77.7 Å². The minimum Gasteiger partial charge on any atom is -0.497 e. The van der Waals surface area contributed by atoms with Gasteiger partial charge in [0.05, 0.1) is 31.9 Å². The highest BCUT2D eigenvalue weighted by molar-refractivity contribution is 7.92. The maximum Gasteiger partial charge on any atom is 0.264 e. The van der Waals surface area contributed by atoms with Crippen LogP contribution < -0.4 is 23.8 Å². The molecule has 232 valence electrons. The van der Waals surface area contributed by atoms with Crippen molar-refractivity contribution in [3.8, 4) is 17.2 Å². The lowest BCUT2D eigenvalue weighted by atomic mass is 10.1. The van der Waals surface area contributed by atoms with Crippen LogP contribution >= 0.6 is 0 Å². The molecule has 0 heterocycles. The fourth-order valence-corrected chi connectivity index (χ4v) is 5.98. The molecule has 3 rings (SSSR count). The predicted octanol–water partition coefficient (Wildman–Crippen LogP) is 4.63. The monoisotopic (exact) mass is 611 g/mol. The number of sulfonamides is 1. The van der Waals surface area contributed by atoms with Crippen molar-refractivity contribution in [2.75, 3.05) is 32.2 Å². The number of hydrogen-bond acceptors (Lipinski definition) is 7. The fraction of sp³-hybridized carbons (Fsp3) is 0.375. The molecule has 0 aliphatic carbocycles. The molecule has 0 aliphatic rings. The quantitative estimate of drug-likeness (QED) is 0.267. The Balaban J connectivity index is 2.11. The van der Waals surface area contributed by atoms with Gasteiger partial charge in [-0.25, -0.2) is 8.42 Å². The number of rotatable bonds is 15. The van der Waals surface area contributed by atoms with Gasteiger partial charge in [-0.2, -0.15) is 0 Å². The van der Waals surface area contributed by atoms with Crippen LogP contribution in [-0.2, 0) is 26.2 Å². The molecule has 3 aromatic carbocycles. The Kier molecular flexibility index (Phi) is 11.8. The topological polar surface area (TPSA) is 114 Å². The number of amides is 2. The van der Waals surface area contributed by atoms with E-state index in [9.17, 15) is 18.0 Å². The summed E-state index contributed by atoms with van der Waals surface area (Å²) in [5.41, 5.74) is 0.914. The summed E-state index contributed by atoms with van der Waals surface area (Å²) < 4.78 is 45.3. The van der Waals surface area contributed by atoms with Crippen molar-refractivity contribution < 1.29 is 32.2 Å². The number of nitrogens with one attached hydrogen (secondary N) is 1. The van der Waals surface area contributed by atoms with E-state index in [1.54, 1.807) is 49.6 Å². The van der Waals surface area contributed by atoms with Gasteiger partial charge in [-0.15, -0.1) is 0 Å². The Morgan fingerprint density at radius 2 is 1.51 bits per heavy atom. The molecule has 2 amide bonds. The second-order valence-corrected chi connectivity index (χ2v) is 11.8.